The lowest BCUT2D eigenvalue weighted by Crippen LogP contribution is -2.12. The molecule has 0 aliphatic rings. The van der Waals surface area contributed by atoms with Crippen LogP contribution in [0.25, 0.3) is 22.0 Å². The van der Waals surface area contributed by atoms with Gasteiger partial charge in [-0.3, -0.25) is 4.21 Å². The molecule has 1 aromatic heterocycles. The van der Waals surface area contributed by atoms with Crippen LogP contribution >= 0.6 is 0 Å². The Balaban J connectivity index is 2.02. The van der Waals surface area contributed by atoms with Crippen molar-refractivity contribution in [2.24, 2.45) is 0 Å². The van der Waals surface area contributed by atoms with Crippen molar-refractivity contribution in [3.63, 3.8) is 0 Å². The first-order valence-corrected chi connectivity index (χ1v) is 9.34. The van der Waals surface area contributed by atoms with Crippen LogP contribution < -0.4 is 5.32 Å². The molecule has 0 amide bonds. The summed E-state index contributed by atoms with van der Waals surface area (Å²) in [6.45, 7) is 4.00. The fourth-order valence-corrected chi connectivity index (χ4v) is 3.19. The predicted molar refractivity (Wildman–Crippen MR) is 101 cm³/mol. The van der Waals surface area contributed by atoms with Crippen LogP contribution in [0.1, 0.15) is 25.1 Å². The summed E-state index contributed by atoms with van der Waals surface area (Å²) in [6, 6.07) is 15.4. The first-order chi connectivity index (χ1) is 12.5. The minimum Gasteiger partial charge on any atom is -0.772 e. The molecule has 2 aromatic carbocycles. The molecular formula is C19H17N4O2S-. The summed E-state index contributed by atoms with van der Waals surface area (Å²) in [5.41, 5.74) is 4.29. The summed E-state index contributed by atoms with van der Waals surface area (Å²) in [6.07, 6.45) is 0. The number of rotatable bonds is 5. The molecule has 0 bridgehead atoms. The van der Waals surface area contributed by atoms with Gasteiger partial charge < -0.3 is 9.87 Å². The van der Waals surface area contributed by atoms with E-state index in [9.17, 15) is 14.0 Å². The summed E-state index contributed by atoms with van der Waals surface area (Å²) >= 11 is -2.10. The van der Waals surface area contributed by atoms with Crippen LogP contribution in [-0.2, 0) is 16.8 Å². The van der Waals surface area contributed by atoms with E-state index in [1.54, 1.807) is 12.1 Å². The molecule has 1 unspecified atom stereocenters. The summed E-state index contributed by atoms with van der Waals surface area (Å²) in [7, 11) is 0. The average Bonchev–Trinajstić information content (AvgIpc) is 2.61. The Morgan fingerprint density at radius 2 is 1.85 bits per heavy atom. The van der Waals surface area contributed by atoms with Gasteiger partial charge in [-0.2, -0.15) is 5.26 Å². The number of nitrogens with zero attached hydrogens (tertiary/aromatic N) is 3. The van der Waals surface area contributed by atoms with E-state index >= 15 is 0 Å². The molecule has 0 saturated heterocycles. The topological polar surface area (TPSA) is 102 Å². The van der Waals surface area contributed by atoms with Crippen LogP contribution in [0.5, 0.6) is 0 Å². The maximum absolute atomic E-state index is 10.8. The second-order valence-electron chi connectivity index (χ2n) is 6.21. The molecule has 0 aliphatic carbocycles. The monoisotopic (exact) mass is 365 g/mol. The first-order valence-electron chi connectivity index (χ1n) is 8.10. The van der Waals surface area contributed by atoms with Gasteiger partial charge in [0, 0.05) is 17.2 Å². The number of benzene rings is 2. The van der Waals surface area contributed by atoms with Crippen molar-refractivity contribution in [1.82, 2.24) is 10.2 Å². The van der Waals surface area contributed by atoms with Gasteiger partial charge in [-0.25, -0.2) is 0 Å². The molecule has 0 radical (unpaired) electrons. The van der Waals surface area contributed by atoms with Gasteiger partial charge in [-0.15, -0.1) is 10.2 Å². The van der Waals surface area contributed by atoms with E-state index in [-0.39, 0.29) is 17.5 Å². The van der Waals surface area contributed by atoms with Crippen LogP contribution in [0.2, 0.25) is 0 Å². The highest BCUT2D eigenvalue weighted by Gasteiger charge is 2.12. The number of nitrogens with one attached hydrogen (secondary N) is 1. The summed E-state index contributed by atoms with van der Waals surface area (Å²) < 4.78 is 21.6. The minimum atomic E-state index is -2.10. The zero-order valence-corrected chi connectivity index (χ0v) is 15.2. The molecule has 26 heavy (non-hydrogen) atoms. The standard InChI is InChI=1S/C19H18N4O2S/c1-12(2)21-19-16-8-7-15(9-17(16)22-23-18(19)10-20)14-5-3-13(4-6-14)11-26(24)25/h3-9,12H,11H2,1-2H3,(H,21,22)(H,24,25)/p-1. The Hall–Kier alpha value is -2.82. The molecule has 1 heterocycles. The zero-order valence-electron chi connectivity index (χ0n) is 14.4. The SMILES string of the molecule is CC(C)Nc1c(C#N)nnc2cc(-c3ccc(CS(=O)[O-])cc3)ccc12. The lowest BCUT2D eigenvalue weighted by Gasteiger charge is -2.14. The lowest BCUT2D eigenvalue weighted by atomic mass is 10.0. The number of fused-ring (bicyclic) bond motifs is 1. The zero-order chi connectivity index (χ0) is 18.7. The van der Waals surface area contributed by atoms with Crippen molar-refractivity contribution in [2.45, 2.75) is 25.6 Å². The third-order valence-corrected chi connectivity index (χ3v) is 4.44. The van der Waals surface area contributed by atoms with E-state index in [2.05, 4.69) is 21.6 Å². The number of nitriles is 1. The maximum atomic E-state index is 10.8. The summed E-state index contributed by atoms with van der Waals surface area (Å²) in [4.78, 5) is 0. The number of aromatic nitrogens is 2. The van der Waals surface area contributed by atoms with E-state index in [1.807, 2.05) is 44.2 Å². The van der Waals surface area contributed by atoms with Crippen molar-refractivity contribution < 1.29 is 8.76 Å². The van der Waals surface area contributed by atoms with Gasteiger partial charge in [-0.1, -0.05) is 41.4 Å². The Morgan fingerprint density at radius 1 is 1.15 bits per heavy atom. The Labute approximate surface area is 154 Å². The number of hydrogen-bond donors (Lipinski definition) is 1. The molecule has 3 aromatic rings. The van der Waals surface area contributed by atoms with Crippen LogP contribution in [0.15, 0.2) is 42.5 Å². The van der Waals surface area contributed by atoms with Crippen molar-refractivity contribution in [1.29, 1.82) is 5.26 Å². The third kappa shape index (κ3) is 3.87. The van der Waals surface area contributed by atoms with E-state index in [1.165, 1.54) is 0 Å². The summed E-state index contributed by atoms with van der Waals surface area (Å²) in [5, 5.41) is 21.6. The highest BCUT2D eigenvalue weighted by Crippen LogP contribution is 2.29. The van der Waals surface area contributed by atoms with Gasteiger partial charge >= 0.3 is 0 Å². The smallest absolute Gasteiger partial charge is 0.186 e. The van der Waals surface area contributed by atoms with E-state index in [0.717, 1.165) is 22.1 Å². The molecule has 1 atom stereocenters. The molecule has 0 aliphatic heterocycles. The molecular weight excluding hydrogens is 348 g/mol. The van der Waals surface area contributed by atoms with Crippen LogP contribution in [-0.4, -0.2) is 25.0 Å². The second kappa shape index (κ2) is 7.60. The Bertz CT molecular complexity index is 1010. The lowest BCUT2D eigenvalue weighted by molar-refractivity contribution is 0.536. The van der Waals surface area contributed by atoms with E-state index < -0.39 is 11.1 Å². The maximum Gasteiger partial charge on any atom is 0.186 e. The second-order valence-corrected chi connectivity index (χ2v) is 7.11. The quantitative estimate of drug-likeness (QED) is 0.696. The van der Waals surface area contributed by atoms with E-state index in [0.29, 0.717) is 11.2 Å². The largest absolute Gasteiger partial charge is 0.772 e. The Morgan fingerprint density at radius 3 is 2.46 bits per heavy atom. The van der Waals surface area contributed by atoms with Crippen molar-refractivity contribution in [2.75, 3.05) is 5.32 Å². The molecule has 6 nitrogen and oxygen atoms in total. The van der Waals surface area contributed by atoms with E-state index in [4.69, 9.17) is 0 Å². The average molecular weight is 365 g/mol. The Kier molecular flexibility index (Phi) is 5.26. The fraction of sp³-hybridized carbons (Fsp3) is 0.211. The van der Waals surface area contributed by atoms with Gasteiger partial charge in [0.1, 0.15) is 6.07 Å². The van der Waals surface area contributed by atoms with Gasteiger partial charge in [-0.05, 0) is 42.7 Å². The highest BCUT2D eigenvalue weighted by atomic mass is 32.2. The van der Waals surface area contributed by atoms with Crippen LogP contribution in [0.3, 0.4) is 0 Å². The first kappa shape index (κ1) is 18.0. The molecule has 3 rings (SSSR count). The minimum absolute atomic E-state index is 0.00461. The normalized spacial score (nSPS) is 12.1. The number of anilines is 1. The van der Waals surface area contributed by atoms with Crippen molar-refractivity contribution in [3.05, 3.63) is 53.7 Å². The van der Waals surface area contributed by atoms with Crippen LogP contribution in [0.4, 0.5) is 5.69 Å². The number of hydrogen-bond acceptors (Lipinski definition) is 6. The van der Waals surface area contributed by atoms with Crippen LogP contribution in [0, 0.1) is 11.3 Å². The van der Waals surface area contributed by atoms with Gasteiger partial charge in [0.25, 0.3) is 0 Å². The molecule has 0 saturated carbocycles. The van der Waals surface area contributed by atoms with Gasteiger partial charge in [0.2, 0.25) is 0 Å². The molecule has 0 spiro atoms. The highest BCUT2D eigenvalue weighted by molar-refractivity contribution is 7.78. The van der Waals surface area contributed by atoms with Gasteiger partial charge in [0.15, 0.2) is 5.69 Å². The molecule has 1 N–H and O–H groups in total. The van der Waals surface area contributed by atoms with Crippen molar-refractivity contribution >= 4 is 27.7 Å². The third-order valence-electron chi connectivity index (χ3n) is 3.87. The van der Waals surface area contributed by atoms with Crippen molar-refractivity contribution in [3.8, 4) is 17.2 Å². The molecule has 7 heteroatoms. The fourth-order valence-electron chi connectivity index (χ4n) is 2.73. The molecule has 132 valence electrons. The predicted octanol–water partition coefficient (Wildman–Crippen LogP) is 3.37. The molecule has 0 fully saturated rings. The summed E-state index contributed by atoms with van der Waals surface area (Å²) in [5.74, 6) is 0.00461. The van der Waals surface area contributed by atoms with Gasteiger partial charge in [0.05, 0.1) is 11.2 Å².